The molecule has 5 heteroatoms. The zero-order valence-electron chi connectivity index (χ0n) is 13.1. The average Bonchev–Trinajstić information content (AvgIpc) is 2.77. The molecule has 0 amide bonds. The quantitative estimate of drug-likeness (QED) is 0.819. The summed E-state index contributed by atoms with van der Waals surface area (Å²) in [5.41, 5.74) is 2.45. The van der Waals surface area contributed by atoms with Gasteiger partial charge in [-0.15, -0.1) is 0 Å². The fraction of sp³-hybridized carbons (Fsp3) is 0.625. The molecule has 0 bridgehead atoms. The zero-order valence-corrected chi connectivity index (χ0v) is 14.7. The fourth-order valence-electron chi connectivity index (χ4n) is 2.92. The molecule has 1 heterocycles. The van der Waals surface area contributed by atoms with Crippen LogP contribution in [0.3, 0.4) is 0 Å². The van der Waals surface area contributed by atoms with Crippen LogP contribution in [0.15, 0.2) is 22.7 Å². The molecule has 2 unspecified atom stereocenters. The highest BCUT2D eigenvalue weighted by atomic mass is 79.9. The molecule has 1 aliphatic rings. The van der Waals surface area contributed by atoms with Gasteiger partial charge in [0.25, 0.3) is 0 Å². The van der Waals surface area contributed by atoms with Gasteiger partial charge >= 0.3 is 0 Å². The number of rotatable bonds is 6. The summed E-state index contributed by atoms with van der Waals surface area (Å²) in [6, 6.07) is 6.88. The van der Waals surface area contributed by atoms with Crippen molar-refractivity contribution in [2.24, 2.45) is 0 Å². The molecule has 0 saturated carbocycles. The van der Waals surface area contributed by atoms with Gasteiger partial charge < -0.3 is 20.2 Å². The topological polar surface area (TPSA) is 38.7 Å². The molecule has 0 spiro atoms. The van der Waals surface area contributed by atoms with Gasteiger partial charge in [0.1, 0.15) is 0 Å². The van der Waals surface area contributed by atoms with Crippen molar-refractivity contribution in [2.75, 3.05) is 38.6 Å². The van der Waals surface area contributed by atoms with Gasteiger partial charge in [0.05, 0.1) is 6.10 Å². The number of halogens is 1. The number of β-amino-alcohol motifs (C(OH)–C–C–N with tert-alkyl or cyclic N) is 1. The number of nitrogens with one attached hydrogen (secondary N) is 1. The van der Waals surface area contributed by atoms with E-state index >= 15 is 0 Å². The van der Waals surface area contributed by atoms with Gasteiger partial charge in [-0.25, -0.2) is 0 Å². The van der Waals surface area contributed by atoms with Crippen LogP contribution in [0.25, 0.3) is 0 Å². The zero-order chi connectivity index (χ0) is 15.4. The Morgan fingerprint density at radius 2 is 2.19 bits per heavy atom. The maximum absolute atomic E-state index is 10.0. The molecule has 118 valence electrons. The summed E-state index contributed by atoms with van der Waals surface area (Å²) in [7, 11) is 4.16. The molecule has 1 aliphatic heterocycles. The first-order valence-electron chi connectivity index (χ1n) is 7.59. The predicted molar refractivity (Wildman–Crippen MR) is 91.8 cm³/mol. The number of aliphatic hydroxyl groups excluding tert-OH is 1. The van der Waals surface area contributed by atoms with Crippen molar-refractivity contribution in [1.82, 2.24) is 10.2 Å². The Hall–Kier alpha value is -0.620. The third kappa shape index (κ3) is 4.42. The third-order valence-corrected chi connectivity index (χ3v) is 4.64. The van der Waals surface area contributed by atoms with E-state index in [1.165, 1.54) is 11.3 Å². The second-order valence-electron chi connectivity index (χ2n) is 6.01. The lowest BCUT2D eigenvalue weighted by Crippen LogP contribution is -2.37. The summed E-state index contributed by atoms with van der Waals surface area (Å²) in [5, 5.41) is 13.3. The van der Waals surface area contributed by atoms with Crippen LogP contribution in [0, 0.1) is 0 Å². The second kappa shape index (κ2) is 7.58. The van der Waals surface area contributed by atoms with Crippen LogP contribution < -0.4 is 10.2 Å². The smallest absolute Gasteiger partial charge is 0.0735 e. The van der Waals surface area contributed by atoms with Crippen molar-refractivity contribution in [1.29, 1.82) is 0 Å². The van der Waals surface area contributed by atoms with Crippen molar-refractivity contribution in [2.45, 2.75) is 32.0 Å². The van der Waals surface area contributed by atoms with Gasteiger partial charge in [0.2, 0.25) is 0 Å². The Morgan fingerprint density at radius 3 is 2.81 bits per heavy atom. The molecular weight excluding hydrogens is 330 g/mol. The molecule has 1 fully saturated rings. The van der Waals surface area contributed by atoms with Crippen LogP contribution in [0.2, 0.25) is 0 Å². The monoisotopic (exact) mass is 355 g/mol. The van der Waals surface area contributed by atoms with Crippen LogP contribution in [0.4, 0.5) is 5.69 Å². The van der Waals surface area contributed by atoms with Crippen LogP contribution in [0.1, 0.15) is 18.9 Å². The van der Waals surface area contributed by atoms with Crippen molar-refractivity contribution >= 4 is 21.6 Å². The number of aliphatic hydroxyl groups is 1. The average molecular weight is 356 g/mol. The molecule has 1 aromatic rings. The highest BCUT2D eigenvalue weighted by molar-refractivity contribution is 9.10. The molecule has 1 saturated heterocycles. The molecule has 0 aromatic heterocycles. The Kier molecular flexibility index (Phi) is 6.05. The normalized spacial score (nSPS) is 22.3. The van der Waals surface area contributed by atoms with E-state index in [4.69, 9.17) is 0 Å². The van der Waals surface area contributed by atoms with Crippen LogP contribution in [-0.4, -0.2) is 55.9 Å². The number of hydrogen-bond donors (Lipinski definition) is 2. The van der Waals surface area contributed by atoms with E-state index in [-0.39, 0.29) is 6.10 Å². The lowest BCUT2D eigenvalue weighted by Gasteiger charge is -2.29. The lowest BCUT2D eigenvalue weighted by atomic mass is 10.1. The number of anilines is 1. The number of hydrogen-bond acceptors (Lipinski definition) is 4. The van der Waals surface area contributed by atoms with E-state index in [9.17, 15) is 5.11 Å². The largest absolute Gasteiger partial charge is 0.391 e. The molecule has 2 atom stereocenters. The third-order valence-electron chi connectivity index (χ3n) is 3.90. The SMILES string of the molecule is CCNCc1ccc(N2CC(O)CC2CN(C)C)cc1Br. The van der Waals surface area contributed by atoms with Crippen molar-refractivity contribution in [3.63, 3.8) is 0 Å². The summed E-state index contributed by atoms with van der Waals surface area (Å²) < 4.78 is 1.13. The standard InChI is InChI=1S/C16H26BrN3O/c1-4-18-9-12-5-6-13(8-16(12)17)20-11-15(21)7-14(20)10-19(2)3/h5-6,8,14-15,18,21H,4,7,9-11H2,1-3H3. The number of benzene rings is 1. The Bertz CT molecular complexity index is 467. The van der Waals surface area contributed by atoms with E-state index in [1.807, 2.05) is 0 Å². The highest BCUT2D eigenvalue weighted by Gasteiger charge is 2.31. The first-order chi connectivity index (χ1) is 10.0. The molecular formula is C16H26BrN3O. The molecule has 2 N–H and O–H groups in total. The molecule has 4 nitrogen and oxygen atoms in total. The molecule has 0 aliphatic carbocycles. The maximum atomic E-state index is 10.0. The van der Waals surface area contributed by atoms with E-state index < -0.39 is 0 Å². The summed E-state index contributed by atoms with van der Waals surface area (Å²) in [6.45, 7) is 5.64. The van der Waals surface area contributed by atoms with Crippen molar-refractivity contribution in [3.8, 4) is 0 Å². The molecule has 21 heavy (non-hydrogen) atoms. The predicted octanol–water partition coefficient (Wildman–Crippen LogP) is 2.06. The molecule has 0 radical (unpaired) electrons. The van der Waals surface area contributed by atoms with E-state index in [0.29, 0.717) is 6.04 Å². The lowest BCUT2D eigenvalue weighted by molar-refractivity contribution is 0.191. The fourth-order valence-corrected chi connectivity index (χ4v) is 3.43. The first-order valence-corrected chi connectivity index (χ1v) is 8.39. The van der Waals surface area contributed by atoms with Crippen LogP contribution >= 0.6 is 15.9 Å². The highest BCUT2D eigenvalue weighted by Crippen LogP contribution is 2.30. The van der Waals surface area contributed by atoms with Crippen LogP contribution in [-0.2, 0) is 6.54 Å². The second-order valence-corrected chi connectivity index (χ2v) is 6.87. The summed E-state index contributed by atoms with van der Waals surface area (Å²) in [4.78, 5) is 4.51. The van der Waals surface area contributed by atoms with Crippen molar-refractivity contribution < 1.29 is 5.11 Å². The van der Waals surface area contributed by atoms with Gasteiger partial charge in [-0.2, -0.15) is 0 Å². The minimum Gasteiger partial charge on any atom is -0.391 e. The van der Waals surface area contributed by atoms with E-state index in [0.717, 1.165) is 37.1 Å². The Balaban J connectivity index is 2.14. The summed E-state index contributed by atoms with van der Waals surface area (Å²) >= 11 is 3.67. The molecule has 2 rings (SSSR count). The van der Waals surface area contributed by atoms with E-state index in [1.54, 1.807) is 0 Å². The Morgan fingerprint density at radius 1 is 1.43 bits per heavy atom. The number of nitrogens with zero attached hydrogens (tertiary/aromatic N) is 2. The van der Waals surface area contributed by atoms with Crippen molar-refractivity contribution in [3.05, 3.63) is 28.2 Å². The maximum Gasteiger partial charge on any atom is 0.0735 e. The van der Waals surface area contributed by atoms with Gasteiger partial charge in [0, 0.05) is 35.8 Å². The molecule has 1 aromatic carbocycles. The van der Waals surface area contributed by atoms with Gasteiger partial charge in [-0.3, -0.25) is 0 Å². The van der Waals surface area contributed by atoms with Gasteiger partial charge in [0.15, 0.2) is 0 Å². The van der Waals surface area contributed by atoms with Gasteiger partial charge in [-0.05, 0) is 44.8 Å². The van der Waals surface area contributed by atoms with E-state index in [2.05, 4.69) is 70.3 Å². The minimum atomic E-state index is -0.227. The number of likely N-dealkylation sites (N-methyl/N-ethyl adjacent to an activating group) is 1. The minimum absolute atomic E-state index is 0.227. The Labute approximate surface area is 136 Å². The summed E-state index contributed by atoms with van der Waals surface area (Å²) in [6.07, 6.45) is 0.615. The van der Waals surface area contributed by atoms with Gasteiger partial charge in [-0.1, -0.05) is 28.9 Å². The van der Waals surface area contributed by atoms with Crippen LogP contribution in [0.5, 0.6) is 0 Å². The first kappa shape index (κ1) is 16.7. The summed E-state index contributed by atoms with van der Waals surface area (Å²) in [5.74, 6) is 0.